The van der Waals surface area contributed by atoms with E-state index in [9.17, 15) is 0 Å². The van der Waals surface area contributed by atoms with Crippen molar-refractivity contribution in [2.75, 3.05) is 0 Å². The van der Waals surface area contributed by atoms with Crippen LogP contribution in [-0.4, -0.2) is 29.5 Å². The lowest BCUT2D eigenvalue weighted by atomic mass is 10.1. The van der Waals surface area contributed by atoms with Crippen molar-refractivity contribution in [3.63, 3.8) is 0 Å². The number of nitrogens with zero attached hydrogens (tertiary/aromatic N) is 5. The van der Waals surface area contributed by atoms with E-state index in [4.69, 9.17) is 4.98 Å². The number of H-pyrrole nitrogens is 1. The van der Waals surface area contributed by atoms with Gasteiger partial charge in [-0.2, -0.15) is 10.2 Å². The number of fused-ring (bicyclic) bond motifs is 1. The summed E-state index contributed by atoms with van der Waals surface area (Å²) in [7, 11) is 0. The van der Waals surface area contributed by atoms with Crippen LogP contribution in [0.25, 0.3) is 22.6 Å². The minimum absolute atomic E-state index is 0.537. The molecule has 0 atom stereocenters. The Morgan fingerprint density at radius 2 is 1.96 bits per heavy atom. The lowest BCUT2D eigenvalue weighted by molar-refractivity contribution is 0.492. The maximum absolute atomic E-state index is 4.73. The fourth-order valence-corrected chi connectivity index (χ4v) is 2.81. The highest BCUT2D eigenvalue weighted by Gasteiger charge is 2.11. The topological polar surface area (TPSA) is 64.3 Å². The molecule has 0 unspecified atom stereocenters. The van der Waals surface area contributed by atoms with Crippen molar-refractivity contribution in [3.05, 3.63) is 54.5 Å². The van der Waals surface area contributed by atoms with Crippen LogP contribution in [0.1, 0.15) is 19.4 Å². The first-order valence-corrected chi connectivity index (χ1v) is 8.17. The second-order valence-corrected chi connectivity index (χ2v) is 6.44. The number of hydrogen-bond donors (Lipinski definition) is 1. The summed E-state index contributed by atoms with van der Waals surface area (Å²) in [5, 5.41) is 8.63. The molecule has 4 aromatic rings. The van der Waals surface area contributed by atoms with E-state index in [1.165, 1.54) is 5.56 Å². The minimum atomic E-state index is 0.537. The summed E-state index contributed by atoms with van der Waals surface area (Å²) in [6.45, 7) is 6.01. The van der Waals surface area contributed by atoms with E-state index in [0.717, 1.165) is 35.6 Å². The molecule has 0 aliphatic carbocycles. The number of benzene rings is 1. The Kier molecular flexibility index (Phi) is 3.65. The molecule has 6 heteroatoms. The summed E-state index contributed by atoms with van der Waals surface area (Å²) in [6.07, 6.45) is 5.61. The highest BCUT2D eigenvalue weighted by Crippen LogP contribution is 2.21. The fraction of sp³-hybridized carbons (Fsp3) is 0.278. The average molecular weight is 320 g/mol. The number of rotatable bonds is 5. The first-order valence-electron chi connectivity index (χ1n) is 8.17. The number of aromatic amines is 1. The molecular formula is C18H20N6. The summed E-state index contributed by atoms with van der Waals surface area (Å²) in [5.41, 5.74) is 4.18. The molecule has 122 valence electrons. The van der Waals surface area contributed by atoms with Crippen LogP contribution in [0.2, 0.25) is 0 Å². The van der Waals surface area contributed by atoms with Crippen LogP contribution >= 0.6 is 0 Å². The summed E-state index contributed by atoms with van der Waals surface area (Å²) < 4.78 is 3.88. The van der Waals surface area contributed by atoms with Gasteiger partial charge in [-0.25, -0.2) is 9.67 Å². The van der Waals surface area contributed by atoms with Gasteiger partial charge in [0.25, 0.3) is 0 Å². The lowest BCUT2D eigenvalue weighted by Crippen LogP contribution is -2.05. The van der Waals surface area contributed by atoms with E-state index in [2.05, 4.69) is 53.3 Å². The molecule has 3 heterocycles. The molecule has 0 amide bonds. The van der Waals surface area contributed by atoms with E-state index < -0.39 is 0 Å². The first-order chi connectivity index (χ1) is 11.7. The van der Waals surface area contributed by atoms with Crippen molar-refractivity contribution in [1.29, 1.82) is 0 Å². The van der Waals surface area contributed by atoms with Crippen molar-refractivity contribution < 1.29 is 0 Å². The van der Waals surface area contributed by atoms with Gasteiger partial charge in [0.15, 0.2) is 5.65 Å². The van der Waals surface area contributed by atoms with Crippen LogP contribution in [0.3, 0.4) is 0 Å². The van der Waals surface area contributed by atoms with Crippen molar-refractivity contribution in [2.45, 2.75) is 26.9 Å². The molecule has 0 radical (unpaired) electrons. The number of nitrogens with one attached hydrogen (secondary N) is 1. The van der Waals surface area contributed by atoms with Gasteiger partial charge in [-0.15, -0.1) is 0 Å². The number of hydrogen-bond acceptors (Lipinski definition) is 3. The Hall–Kier alpha value is -2.89. The van der Waals surface area contributed by atoms with Gasteiger partial charge in [-0.05, 0) is 17.5 Å². The summed E-state index contributed by atoms with van der Waals surface area (Å²) >= 11 is 0. The van der Waals surface area contributed by atoms with Crippen LogP contribution in [0, 0.1) is 5.92 Å². The molecular weight excluding hydrogens is 300 g/mol. The smallest absolute Gasteiger partial charge is 0.176 e. The van der Waals surface area contributed by atoms with Crippen LogP contribution in [-0.2, 0) is 13.1 Å². The predicted molar refractivity (Wildman–Crippen MR) is 93.5 cm³/mol. The van der Waals surface area contributed by atoms with Crippen LogP contribution in [0.4, 0.5) is 0 Å². The van der Waals surface area contributed by atoms with Crippen molar-refractivity contribution in [3.8, 4) is 11.4 Å². The van der Waals surface area contributed by atoms with Gasteiger partial charge in [0.2, 0.25) is 0 Å². The summed E-state index contributed by atoms with van der Waals surface area (Å²) in [5.74, 6) is 1.42. The van der Waals surface area contributed by atoms with Gasteiger partial charge < -0.3 is 4.98 Å². The monoisotopic (exact) mass is 320 g/mol. The van der Waals surface area contributed by atoms with Gasteiger partial charge in [0.05, 0.1) is 12.7 Å². The van der Waals surface area contributed by atoms with Crippen LogP contribution in [0.15, 0.2) is 48.9 Å². The average Bonchev–Trinajstić information content (AvgIpc) is 3.27. The summed E-state index contributed by atoms with van der Waals surface area (Å²) in [6, 6.07) is 10.4. The Labute approximate surface area is 140 Å². The molecule has 4 rings (SSSR count). The van der Waals surface area contributed by atoms with Crippen molar-refractivity contribution in [2.24, 2.45) is 5.92 Å². The van der Waals surface area contributed by atoms with Gasteiger partial charge in [0.1, 0.15) is 11.3 Å². The first kappa shape index (κ1) is 14.7. The Morgan fingerprint density at radius 1 is 1.12 bits per heavy atom. The third-order valence-corrected chi connectivity index (χ3v) is 3.95. The van der Waals surface area contributed by atoms with Crippen molar-refractivity contribution >= 4 is 11.2 Å². The van der Waals surface area contributed by atoms with E-state index in [1.54, 1.807) is 6.20 Å². The molecule has 0 fully saturated rings. The molecule has 24 heavy (non-hydrogen) atoms. The zero-order valence-corrected chi connectivity index (χ0v) is 13.8. The maximum Gasteiger partial charge on any atom is 0.176 e. The quantitative estimate of drug-likeness (QED) is 0.613. The normalized spacial score (nSPS) is 11.6. The minimum Gasteiger partial charge on any atom is -0.335 e. The Balaban J connectivity index is 1.59. The zero-order chi connectivity index (χ0) is 16.5. The van der Waals surface area contributed by atoms with Gasteiger partial charge >= 0.3 is 0 Å². The number of imidazole rings is 1. The molecule has 1 aromatic carbocycles. The van der Waals surface area contributed by atoms with E-state index >= 15 is 0 Å². The molecule has 0 saturated heterocycles. The number of aromatic nitrogens is 6. The molecule has 0 spiro atoms. The SMILES string of the molecule is CC(C)Cn1ncc2[nH]c(-c3ccc(Cn4cccn4)cc3)nc21. The Morgan fingerprint density at radius 3 is 2.67 bits per heavy atom. The second kappa shape index (κ2) is 5.96. The summed E-state index contributed by atoms with van der Waals surface area (Å²) in [4.78, 5) is 8.09. The molecule has 0 aliphatic heterocycles. The molecule has 6 nitrogen and oxygen atoms in total. The molecule has 0 bridgehead atoms. The van der Waals surface area contributed by atoms with Crippen LogP contribution in [0.5, 0.6) is 0 Å². The van der Waals surface area contributed by atoms with E-state index in [0.29, 0.717) is 5.92 Å². The highest BCUT2D eigenvalue weighted by molar-refractivity contribution is 5.75. The van der Waals surface area contributed by atoms with Gasteiger partial charge in [-0.1, -0.05) is 38.1 Å². The third kappa shape index (κ3) is 2.82. The predicted octanol–water partition coefficient (Wildman–Crippen LogP) is 3.33. The maximum atomic E-state index is 4.73. The second-order valence-electron chi connectivity index (χ2n) is 6.44. The van der Waals surface area contributed by atoms with Crippen molar-refractivity contribution in [1.82, 2.24) is 29.5 Å². The van der Waals surface area contributed by atoms with E-state index in [1.807, 2.05) is 27.8 Å². The van der Waals surface area contributed by atoms with Crippen LogP contribution < -0.4 is 0 Å². The molecule has 0 aliphatic rings. The standard InChI is InChI=1S/C18H20N6/c1-13(2)11-24-18-16(10-20-24)21-17(22-18)15-6-4-14(5-7-15)12-23-9-3-8-19-23/h3-10,13H,11-12H2,1-2H3,(H,21,22). The zero-order valence-electron chi connectivity index (χ0n) is 13.8. The Bertz CT molecular complexity index is 928. The largest absolute Gasteiger partial charge is 0.335 e. The molecule has 1 N–H and O–H groups in total. The van der Waals surface area contributed by atoms with E-state index in [-0.39, 0.29) is 0 Å². The third-order valence-electron chi connectivity index (χ3n) is 3.95. The van der Waals surface area contributed by atoms with Gasteiger partial charge in [0, 0.05) is 24.5 Å². The molecule has 0 saturated carbocycles. The molecule has 3 aromatic heterocycles. The fourth-order valence-electron chi connectivity index (χ4n) is 2.81. The van der Waals surface area contributed by atoms with Gasteiger partial charge in [-0.3, -0.25) is 4.68 Å². The lowest BCUT2D eigenvalue weighted by Gasteiger charge is -2.04. The highest BCUT2D eigenvalue weighted by atomic mass is 15.3.